The number of carbonyl (C=O) groups is 1. The summed E-state index contributed by atoms with van der Waals surface area (Å²) in [4.78, 5) is 11.7. The highest BCUT2D eigenvalue weighted by Gasteiger charge is 2.24. The van der Waals surface area contributed by atoms with Crippen molar-refractivity contribution in [3.63, 3.8) is 0 Å². The molecular formula is C13H26N2O. The molecule has 3 heteroatoms. The lowest BCUT2D eigenvalue weighted by molar-refractivity contribution is -0.122. The van der Waals surface area contributed by atoms with Crippen molar-refractivity contribution < 1.29 is 4.79 Å². The van der Waals surface area contributed by atoms with Gasteiger partial charge in [-0.05, 0) is 31.7 Å². The van der Waals surface area contributed by atoms with Gasteiger partial charge in [0.15, 0.2) is 0 Å². The first kappa shape index (κ1) is 13.5. The number of hydrogen-bond donors (Lipinski definition) is 2. The molecule has 0 heterocycles. The summed E-state index contributed by atoms with van der Waals surface area (Å²) in [7, 11) is 0. The molecule has 0 aromatic carbocycles. The van der Waals surface area contributed by atoms with E-state index in [0.717, 1.165) is 19.3 Å². The van der Waals surface area contributed by atoms with E-state index in [0.29, 0.717) is 24.9 Å². The van der Waals surface area contributed by atoms with Crippen LogP contribution in [-0.4, -0.2) is 18.5 Å². The van der Waals surface area contributed by atoms with Crippen LogP contribution in [0.25, 0.3) is 0 Å². The Balaban J connectivity index is 2.25. The maximum absolute atomic E-state index is 11.7. The minimum atomic E-state index is 0.221. The molecule has 3 nitrogen and oxygen atoms in total. The lowest BCUT2D eigenvalue weighted by Crippen LogP contribution is -2.44. The Morgan fingerprint density at radius 2 is 2.06 bits per heavy atom. The van der Waals surface area contributed by atoms with Crippen LogP contribution < -0.4 is 11.1 Å². The van der Waals surface area contributed by atoms with E-state index in [2.05, 4.69) is 12.2 Å². The standard InChI is InChI=1S/C13H26N2O/c1-2-3-4-9-13(16)15-12-8-6-5-7-11(12)10-14/h11-12H,2-10,14H2,1H3,(H,15,16). The zero-order chi connectivity index (χ0) is 11.8. The van der Waals surface area contributed by atoms with Crippen molar-refractivity contribution in [2.75, 3.05) is 6.54 Å². The van der Waals surface area contributed by atoms with Crippen molar-refractivity contribution in [3.8, 4) is 0 Å². The second-order valence-corrected chi connectivity index (χ2v) is 4.91. The third kappa shape index (κ3) is 4.52. The van der Waals surface area contributed by atoms with Crippen molar-refractivity contribution in [1.29, 1.82) is 0 Å². The predicted molar refractivity (Wildman–Crippen MR) is 67.1 cm³/mol. The third-order valence-electron chi connectivity index (χ3n) is 3.57. The Kier molecular flexibility index (Phi) is 6.46. The Hall–Kier alpha value is -0.570. The Morgan fingerprint density at radius 1 is 1.31 bits per heavy atom. The van der Waals surface area contributed by atoms with E-state index in [4.69, 9.17) is 5.73 Å². The summed E-state index contributed by atoms with van der Waals surface area (Å²) >= 11 is 0. The van der Waals surface area contributed by atoms with Gasteiger partial charge < -0.3 is 11.1 Å². The topological polar surface area (TPSA) is 55.1 Å². The molecule has 0 aliphatic heterocycles. The van der Waals surface area contributed by atoms with E-state index < -0.39 is 0 Å². The number of carbonyl (C=O) groups excluding carboxylic acids is 1. The van der Waals surface area contributed by atoms with Gasteiger partial charge in [-0.2, -0.15) is 0 Å². The molecule has 2 unspecified atom stereocenters. The number of unbranched alkanes of at least 4 members (excludes halogenated alkanes) is 2. The van der Waals surface area contributed by atoms with Gasteiger partial charge in [0.2, 0.25) is 5.91 Å². The maximum atomic E-state index is 11.7. The fourth-order valence-electron chi connectivity index (χ4n) is 2.49. The molecule has 94 valence electrons. The second kappa shape index (κ2) is 7.66. The minimum Gasteiger partial charge on any atom is -0.353 e. The predicted octanol–water partition coefficient (Wildman–Crippen LogP) is 2.20. The van der Waals surface area contributed by atoms with E-state index in [1.54, 1.807) is 0 Å². The maximum Gasteiger partial charge on any atom is 0.220 e. The molecule has 1 aliphatic carbocycles. The number of hydrogen-bond acceptors (Lipinski definition) is 2. The van der Waals surface area contributed by atoms with E-state index in [9.17, 15) is 4.79 Å². The van der Waals surface area contributed by atoms with E-state index >= 15 is 0 Å². The van der Waals surface area contributed by atoms with Gasteiger partial charge in [0.05, 0.1) is 0 Å². The van der Waals surface area contributed by atoms with Gasteiger partial charge in [-0.15, -0.1) is 0 Å². The molecule has 0 saturated heterocycles. The fourth-order valence-corrected chi connectivity index (χ4v) is 2.49. The summed E-state index contributed by atoms with van der Waals surface area (Å²) in [5.41, 5.74) is 5.74. The molecule has 1 fully saturated rings. The molecule has 1 saturated carbocycles. The summed E-state index contributed by atoms with van der Waals surface area (Å²) in [5.74, 6) is 0.725. The molecule has 3 N–H and O–H groups in total. The highest BCUT2D eigenvalue weighted by atomic mass is 16.1. The second-order valence-electron chi connectivity index (χ2n) is 4.91. The van der Waals surface area contributed by atoms with Crippen LogP contribution in [0.1, 0.15) is 58.3 Å². The molecule has 16 heavy (non-hydrogen) atoms. The first-order valence-electron chi connectivity index (χ1n) is 6.77. The van der Waals surface area contributed by atoms with Crippen LogP contribution in [0.3, 0.4) is 0 Å². The first-order valence-corrected chi connectivity index (χ1v) is 6.77. The molecule has 0 spiro atoms. The number of nitrogens with one attached hydrogen (secondary N) is 1. The van der Waals surface area contributed by atoms with Gasteiger partial charge in [-0.1, -0.05) is 32.6 Å². The monoisotopic (exact) mass is 226 g/mol. The molecule has 0 radical (unpaired) electrons. The molecule has 1 aliphatic rings. The van der Waals surface area contributed by atoms with Crippen LogP contribution in [0.2, 0.25) is 0 Å². The zero-order valence-corrected chi connectivity index (χ0v) is 10.5. The first-order chi connectivity index (χ1) is 7.77. The SMILES string of the molecule is CCCCCC(=O)NC1CCCCC1CN. The summed E-state index contributed by atoms with van der Waals surface area (Å²) in [6.45, 7) is 2.86. The van der Waals surface area contributed by atoms with Gasteiger partial charge >= 0.3 is 0 Å². The Morgan fingerprint density at radius 3 is 2.75 bits per heavy atom. The van der Waals surface area contributed by atoms with Gasteiger partial charge in [0, 0.05) is 12.5 Å². The van der Waals surface area contributed by atoms with Crippen LogP contribution in [0.15, 0.2) is 0 Å². The van der Waals surface area contributed by atoms with Gasteiger partial charge in [-0.25, -0.2) is 0 Å². The molecule has 0 bridgehead atoms. The van der Waals surface area contributed by atoms with Crippen molar-refractivity contribution >= 4 is 5.91 Å². The fraction of sp³-hybridized carbons (Fsp3) is 0.923. The quantitative estimate of drug-likeness (QED) is 0.682. The third-order valence-corrected chi connectivity index (χ3v) is 3.57. The summed E-state index contributed by atoms with van der Waals surface area (Å²) < 4.78 is 0. The summed E-state index contributed by atoms with van der Waals surface area (Å²) in [6.07, 6.45) is 8.81. The van der Waals surface area contributed by atoms with Gasteiger partial charge in [-0.3, -0.25) is 4.79 Å². The van der Waals surface area contributed by atoms with Crippen LogP contribution >= 0.6 is 0 Å². The number of amides is 1. The van der Waals surface area contributed by atoms with Gasteiger partial charge in [0.25, 0.3) is 0 Å². The van der Waals surface area contributed by atoms with E-state index in [1.165, 1.54) is 25.7 Å². The van der Waals surface area contributed by atoms with Crippen molar-refractivity contribution in [3.05, 3.63) is 0 Å². The highest BCUT2D eigenvalue weighted by Crippen LogP contribution is 2.23. The van der Waals surface area contributed by atoms with Crippen molar-refractivity contribution in [2.24, 2.45) is 11.7 Å². The van der Waals surface area contributed by atoms with Crippen molar-refractivity contribution in [2.45, 2.75) is 64.3 Å². The van der Waals surface area contributed by atoms with Crippen LogP contribution in [0.5, 0.6) is 0 Å². The molecule has 2 atom stereocenters. The van der Waals surface area contributed by atoms with Crippen LogP contribution in [0, 0.1) is 5.92 Å². The van der Waals surface area contributed by atoms with E-state index in [1.807, 2.05) is 0 Å². The van der Waals surface area contributed by atoms with E-state index in [-0.39, 0.29) is 5.91 Å². The smallest absolute Gasteiger partial charge is 0.220 e. The van der Waals surface area contributed by atoms with Crippen LogP contribution in [-0.2, 0) is 4.79 Å². The average molecular weight is 226 g/mol. The number of nitrogens with two attached hydrogens (primary N) is 1. The molecule has 0 aromatic heterocycles. The lowest BCUT2D eigenvalue weighted by atomic mass is 9.84. The zero-order valence-electron chi connectivity index (χ0n) is 10.5. The lowest BCUT2D eigenvalue weighted by Gasteiger charge is -2.31. The molecule has 1 amide bonds. The minimum absolute atomic E-state index is 0.221. The van der Waals surface area contributed by atoms with Crippen molar-refractivity contribution in [1.82, 2.24) is 5.32 Å². The molecular weight excluding hydrogens is 200 g/mol. The number of rotatable bonds is 6. The normalized spacial score (nSPS) is 25.4. The largest absolute Gasteiger partial charge is 0.353 e. The molecule has 1 rings (SSSR count). The highest BCUT2D eigenvalue weighted by molar-refractivity contribution is 5.76. The summed E-state index contributed by atoms with van der Waals surface area (Å²) in [6, 6.07) is 0.341. The average Bonchev–Trinajstić information content (AvgIpc) is 2.30. The van der Waals surface area contributed by atoms with Crippen LogP contribution in [0.4, 0.5) is 0 Å². The summed E-state index contributed by atoms with van der Waals surface area (Å²) in [5, 5.41) is 3.16. The van der Waals surface area contributed by atoms with Gasteiger partial charge in [0.1, 0.15) is 0 Å². The Labute approximate surface area is 99.2 Å². The Bertz CT molecular complexity index is 206. The molecule has 0 aromatic rings.